The Morgan fingerprint density at radius 2 is 1.81 bits per heavy atom. The van der Waals surface area contributed by atoms with Crippen molar-refractivity contribution in [2.75, 3.05) is 18.4 Å². The molecule has 0 heterocycles. The molecular weight excluding hydrogens is 419 g/mol. The molecule has 0 spiro atoms. The van der Waals surface area contributed by atoms with Gasteiger partial charge in [-0.1, -0.05) is 24.3 Å². The summed E-state index contributed by atoms with van der Waals surface area (Å²) >= 11 is 0. The van der Waals surface area contributed by atoms with Crippen molar-refractivity contribution in [2.24, 2.45) is 0 Å². The zero-order valence-electron chi connectivity index (χ0n) is 18.3. The first-order valence-corrected chi connectivity index (χ1v) is 10.7. The summed E-state index contributed by atoms with van der Waals surface area (Å²) in [5.41, 5.74) is 2.47. The molecule has 0 aromatic heterocycles. The minimum Gasteiger partial charge on any atom is -0.352 e. The lowest BCUT2D eigenvalue weighted by atomic mass is 10.1. The van der Waals surface area contributed by atoms with Crippen molar-refractivity contribution in [3.63, 3.8) is 0 Å². The molecule has 0 radical (unpaired) electrons. The Labute approximate surface area is 186 Å². The van der Waals surface area contributed by atoms with Crippen LogP contribution in [0.1, 0.15) is 41.5 Å². The highest BCUT2D eigenvalue weighted by Crippen LogP contribution is 2.29. The maximum absolute atomic E-state index is 12.8. The van der Waals surface area contributed by atoms with Crippen molar-refractivity contribution in [3.8, 4) is 0 Å². The molecule has 0 bridgehead atoms. The first-order valence-electron chi connectivity index (χ1n) is 10.7. The van der Waals surface area contributed by atoms with Crippen LogP contribution >= 0.6 is 0 Å². The highest BCUT2D eigenvalue weighted by Gasteiger charge is 2.31. The molecular formula is C24H28F3N3O2. The maximum Gasteiger partial charge on any atom is 0.416 e. The van der Waals surface area contributed by atoms with Gasteiger partial charge in [-0.05, 0) is 61.6 Å². The second-order valence-corrected chi connectivity index (χ2v) is 8.29. The van der Waals surface area contributed by atoms with Gasteiger partial charge in [-0.25, -0.2) is 0 Å². The Kier molecular flexibility index (Phi) is 7.56. The van der Waals surface area contributed by atoms with Crippen LogP contribution < -0.4 is 10.6 Å². The van der Waals surface area contributed by atoms with Crippen LogP contribution in [0.25, 0.3) is 0 Å². The summed E-state index contributed by atoms with van der Waals surface area (Å²) in [6.45, 7) is 4.53. The van der Waals surface area contributed by atoms with Gasteiger partial charge in [0.1, 0.15) is 0 Å². The van der Waals surface area contributed by atoms with Crippen molar-refractivity contribution in [2.45, 2.75) is 51.9 Å². The zero-order valence-corrected chi connectivity index (χ0v) is 18.3. The van der Waals surface area contributed by atoms with Crippen LogP contribution in [0, 0.1) is 13.8 Å². The first-order chi connectivity index (χ1) is 15.1. The number of hydrogen-bond donors (Lipinski definition) is 2. The molecule has 0 unspecified atom stereocenters. The lowest BCUT2D eigenvalue weighted by Crippen LogP contribution is -2.37. The normalized spacial score (nSPS) is 13.8. The van der Waals surface area contributed by atoms with E-state index in [1.807, 2.05) is 36.9 Å². The summed E-state index contributed by atoms with van der Waals surface area (Å²) in [6.07, 6.45) is -2.26. The average molecular weight is 448 g/mol. The van der Waals surface area contributed by atoms with Crippen LogP contribution in [0.15, 0.2) is 42.5 Å². The zero-order chi connectivity index (χ0) is 23.3. The molecule has 2 aromatic carbocycles. The Hall–Kier alpha value is -2.87. The van der Waals surface area contributed by atoms with E-state index in [4.69, 9.17) is 0 Å². The van der Waals surface area contributed by atoms with Gasteiger partial charge in [0.25, 0.3) is 0 Å². The second-order valence-electron chi connectivity index (χ2n) is 8.29. The van der Waals surface area contributed by atoms with Crippen molar-refractivity contribution in [1.29, 1.82) is 0 Å². The Bertz CT molecular complexity index is 971. The lowest BCUT2D eigenvalue weighted by Gasteiger charge is -2.21. The van der Waals surface area contributed by atoms with Gasteiger partial charge in [-0.3, -0.25) is 14.5 Å². The van der Waals surface area contributed by atoms with E-state index in [1.54, 1.807) is 6.07 Å². The molecule has 5 nitrogen and oxygen atoms in total. The van der Waals surface area contributed by atoms with E-state index in [2.05, 4.69) is 10.6 Å². The number of nitrogens with one attached hydrogen (secondary N) is 2. The van der Waals surface area contributed by atoms with E-state index >= 15 is 0 Å². The van der Waals surface area contributed by atoms with Gasteiger partial charge in [-0.2, -0.15) is 13.2 Å². The molecule has 0 aliphatic heterocycles. The number of alkyl halides is 3. The van der Waals surface area contributed by atoms with Crippen molar-refractivity contribution in [1.82, 2.24) is 10.2 Å². The summed E-state index contributed by atoms with van der Waals surface area (Å²) in [7, 11) is 0. The third kappa shape index (κ3) is 7.09. The monoisotopic (exact) mass is 447 g/mol. The fourth-order valence-electron chi connectivity index (χ4n) is 3.47. The topological polar surface area (TPSA) is 61.4 Å². The number of amides is 2. The molecule has 2 amide bonds. The maximum atomic E-state index is 12.8. The van der Waals surface area contributed by atoms with Crippen LogP contribution in [0.3, 0.4) is 0 Å². The summed E-state index contributed by atoms with van der Waals surface area (Å²) in [5.74, 6) is -0.391. The highest BCUT2D eigenvalue weighted by atomic mass is 19.4. The molecule has 1 saturated carbocycles. The predicted octanol–water partition coefficient (Wildman–Crippen LogP) is 4.43. The fourth-order valence-corrected chi connectivity index (χ4v) is 3.47. The number of nitrogens with zero attached hydrogens (tertiary/aromatic N) is 1. The molecule has 2 aromatic rings. The van der Waals surface area contributed by atoms with E-state index in [1.165, 1.54) is 6.07 Å². The minimum atomic E-state index is -4.41. The minimum absolute atomic E-state index is 0.0271. The van der Waals surface area contributed by atoms with E-state index in [0.717, 1.165) is 41.8 Å². The molecule has 172 valence electrons. The number of aryl methyl sites for hydroxylation is 2. The summed E-state index contributed by atoms with van der Waals surface area (Å²) < 4.78 is 38.4. The highest BCUT2D eigenvalue weighted by molar-refractivity contribution is 5.93. The quantitative estimate of drug-likeness (QED) is 0.598. The Balaban J connectivity index is 1.48. The summed E-state index contributed by atoms with van der Waals surface area (Å²) in [4.78, 5) is 26.8. The predicted molar refractivity (Wildman–Crippen MR) is 117 cm³/mol. The molecule has 1 aliphatic rings. The van der Waals surface area contributed by atoms with E-state index in [-0.39, 0.29) is 37.4 Å². The summed E-state index contributed by atoms with van der Waals surface area (Å²) in [5, 5.41) is 5.61. The van der Waals surface area contributed by atoms with Gasteiger partial charge in [0, 0.05) is 31.2 Å². The Morgan fingerprint density at radius 3 is 2.50 bits per heavy atom. The van der Waals surface area contributed by atoms with E-state index in [9.17, 15) is 22.8 Å². The van der Waals surface area contributed by atoms with Crippen LogP contribution in [-0.4, -0.2) is 35.8 Å². The smallest absolute Gasteiger partial charge is 0.352 e. The third-order valence-electron chi connectivity index (χ3n) is 5.45. The molecule has 2 N–H and O–H groups in total. The molecule has 0 saturated heterocycles. The molecule has 0 atom stereocenters. The Morgan fingerprint density at radius 1 is 1.06 bits per heavy atom. The SMILES string of the molecule is Cc1ccc(C)c(NC(=O)CN(CCC(=O)NCc2cccc(C(F)(F)F)c2)C2CC2)c1. The van der Waals surface area contributed by atoms with Crippen molar-refractivity contribution in [3.05, 3.63) is 64.7 Å². The number of carbonyl (C=O) groups excluding carboxylic acids is 2. The average Bonchev–Trinajstić information content (AvgIpc) is 3.57. The number of rotatable bonds is 9. The van der Waals surface area contributed by atoms with Gasteiger partial charge in [0.2, 0.25) is 11.8 Å². The second kappa shape index (κ2) is 10.2. The van der Waals surface area contributed by atoms with E-state index in [0.29, 0.717) is 12.1 Å². The van der Waals surface area contributed by atoms with Crippen LogP contribution in [0.4, 0.5) is 18.9 Å². The van der Waals surface area contributed by atoms with Gasteiger partial charge in [0.15, 0.2) is 0 Å². The van der Waals surface area contributed by atoms with Gasteiger partial charge >= 0.3 is 6.18 Å². The number of hydrogen-bond acceptors (Lipinski definition) is 3. The molecule has 8 heteroatoms. The number of halogens is 3. The third-order valence-corrected chi connectivity index (χ3v) is 5.45. The van der Waals surface area contributed by atoms with Gasteiger partial charge in [-0.15, -0.1) is 0 Å². The fraction of sp³-hybridized carbons (Fsp3) is 0.417. The number of benzene rings is 2. The first kappa shape index (κ1) is 23.8. The lowest BCUT2D eigenvalue weighted by molar-refractivity contribution is -0.137. The van der Waals surface area contributed by atoms with Crippen LogP contribution in [0.5, 0.6) is 0 Å². The molecule has 1 fully saturated rings. The molecule has 3 rings (SSSR count). The van der Waals surface area contributed by atoms with E-state index < -0.39 is 11.7 Å². The molecule has 32 heavy (non-hydrogen) atoms. The molecule has 1 aliphatic carbocycles. The van der Waals surface area contributed by atoms with Crippen LogP contribution in [0.2, 0.25) is 0 Å². The standard InChI is InChI=1S/C24H28F3N3O2/c1-16-6-7-17(2)21(12-16)29-23(32)15-30(20-8-9-20)11-10-22(31)28-14-18-4-3-5-19(13-18)24(25,26)27/h3-7,12-13,20H,8-11,14-15H2,1-2H3,(H,28,31)(H,29,32). The van der Waals surface area contributed by atoms with Crippen molar-refractivity contribution < 1.29 is 22.8 Å². The van der Waals surface area contributed by atoms with Crippen LogP contribution in [-0.2, 0) is 22.3 Å². The van der Waals surface area contributed by atoms with Gasteiger partial charge in [0.05, 0.1) is 12.1 Å². The number of carbonyl (C=O) groups is 2. The van der Waals surface area contributed by atoms with Gasteiger partial charge < -0.3 is 10.6 Å². The van der Waals surface area contributed by atoms with Crippen molar-refractivity contribution >= 4 is 17.5 Å². The largest absolute Gasteiger partial charge is 0.416 e. The number of anilines is 1. The summed E-state index contributed by atoms with van der Waals surface area (Å²) in [6, 6.07) is 11.1.